The van der Waals surface area contributed by atoms with Gasteiger partial charge in [0.25, 0.3) is 5.91 Å². The van der Waals surface area contributed by atoms with Gasteiger partial charge in [0.2, 0.25) is 0 Å². The van der Waals surface area contributed by atoms with Gasteiger partial charge in [0, 0.05) is 12.1 Å². The number of aliphatic carboxylic acids is 1. The van der Waals surface area contributed by atoms with Crippen molar-refractivity contribution in [2.24, 2.45) is 0 Å². The first-order valence-electron chi connectivity index (χ1n) is 5.80. The zero-order valence-electron chi connectivity index (χ0n) is 10.0. The van der Waals surface area contributed by atoms with Crippen molar-refractivity contribution in [2.75, 3.05) is 6.54 Å². The molecule has 1 N–H and O–H groups in total. The molecule has 2 rings (SSSR count). The average Bonchev–Trinajstić information content (AvgIpc) is 2.81. The summed E-state index contributed by atoms with van der Waals surface area (Å²) in [5, 5.41) is 9.01. The minimum absolute atomic E-state index is 0.200. The molecule has 5 heteroatoms. The fourth-order valence-corrected chi connectivity index (χ4v) is 2.16. The van der Waals surface area contributed by atoms with Crippen LogP contribution in [0.5, 0.6) is 0 Å². The third-order valence-electron chi connectivity index (χ3n) is 3.22. The fourth-order valence-electron chi connectivity index (χ4n) is 2.16. The molecule has 1 aliphatic rings. The molecule has 18 heavy (non-hydrogen) atoms. The molecule has 0 aliphatic carbocycles. The number of carboxylic acids is 1. The van der Waals surface area contributed by atoms with Crippen molar-refractivity contribution in [1.29, 1.82) is 0 Å². The van der Waals surface area contributed by atoms with Crippen LogP contribution in [0.2, 0.25) is 0 Å². The summed E-state index contributed by atoms with van der Waals surface area (Å²) in [4.78, 5) is 24.4. The van der Waals surface area contributed by atoms with Gasteiger partial charge >= 0.3 is 5.97 Å². The zero-order valence-corrected chi connectivity index (χ0v) is 10.0. The van der Waals surface area contributed by atoms with Gasteiger partial charge in [-0.25, -0.2) is 9.18 Å². The van der Waals surface area contributed by atoms with Gasteiger partial charge in [-0.05, 0) is 37.5 Å². The Morgan fingerprint density at radius 1 is 1.44 bits per heavy atom. The normalized spacial score (nSPS) is 19.0. The van der Waals surface area contributed by atoms with E-state index in [1.165, 1.54) is 17.0 Å². The van der Waals surface area contributed by atoms with Crippen molar-refractivity contribution in [3.05, 3.63) is 35.1 Å². The lowest BCUT2D eigenvalue weighted by Crippen LogP contribution is -2.40. The van der Waals surface area contributed by atoms with E-state index < -0.39 is 23.7 Å². The minimum Gasteiger partial charge on any atom is -0.480 e. The maximum Gasteiger partial charge on any atom is 0.326 e. The van der Waals surface area contributed by atoms with Crippen molar-refractivity contribution in [2.45, 2.75) is 25.8 Å². The Kier molecular flexibility index (Phi) is 3.32. The maximum absolute atomic E-state index is 13.4. The number of aryl methyl sites for hydroxylation is 1. The third-order valence-corrected chi connectivity index (χ3v) is 3.22. The number of carboxylic acid groups (broad SMARTS) is 1. The molecule has 0 radical (unpaired) electrons. The molecular formula is C13H14FNO3. The molecule has 1 aromatic rings. The number of hydrogen-bond acceptors (Lipinski definition) is 2. The van der Waals surface area contributed by atoms with Crippen molar-refractivity contribution < 1.29 is 19.1 Å². The van der Waals surface area contributed by atoms with Gasteiger partial charge in [-0.15, -0.1) is 0 Å². The highest BCUT2D eigenvalue weighted by Gasteiger charge is 2.34. The number of likely N-dealkylation sites (tertiary alicyclic amines) is 1. The van der Waals surface area contributed by atoms with Crippen molar-refractivity contribution in [1.82, 2.24) is 4.90 Å². The van der Waals surface area contributed by atoms with E-state index in [-0.39, 0.29) is 5.56 Å². The van der Waals surface area contributed by atoms with Gasteiger partial charge < -0.3 is 10.0 Å². The second-order valence-electron chi connectivity index (χ2n) is 4.46. The molecule has 1 aromatic carbocycles. The molecule has 0 saturated carbocycles. The maximum atomic E-state index is 13.4. The predicted molar refractivity (Wildman–Crippen MR) is 62.8 cm³/mol. The Morgan fingerprint density at radius 2 is 2.17 bits per heavy atom. The van der Waals surface area contributed by atoms with E-state index in [9.17, 15) is 14.0 Å². The van der Waals surface area contributed by atoms with Gasteiger partial charge in [0.05, 0.1) is 0 Å². The van der Waals surface area contributed by atoms with Crippen LogP contribution in [0.15, 0.2) is 18.2 Å². The number of benzene rings is 1. The summed E-state index contributed by atoms with van der Waals surface area (Å²) >= 11 is 0. The quantitative estimate of drug-likeness (QED) is 0.872. The fraction of sp³-hybridized carbons (Fsp3) is 0.385. The van der Waals surface area contributed by atoms with Crippen molar-refractivity contribution in [3.8, 4) is 0 Å². The average molecular weight is 251 g/mol. The van der Waals surface area contributed by atoms with Crippen LogP contribution < -0.4 is 0 Å². The summed E-state index contributed by atoms with van der Waals surface area (Å²) in [5.74, 6) is -1.88. The van der Waals surface area contributed by atoms with E-state index in [0.29, 0.717) is 24.9 Å². The Morgan fingerprint density at radius 3 is 2.78 bits per heavy atom. The first-order valence-corrected chi connectivity index (χ1v) is 5.80. The molecule has 1 heterocycles. The lowest BCUT2D eigenvalue weighted by Gasteiger charge is -2.21. The second kappa shape index (κ2) is 4.76. The Hall–Kier alpha value is -1.91. The number of amides is 1. The topological polar surface area (TPSA) is 57.6 Å². The smallest absolute Gasteiger partial charge is 0.326 e. The molecule has 1 fully saturated rings. The largest absolute Gasteiger partial charge is 0.480 e. The Balaban J connectivity index is 2.25. The number of hydrogen-bond donors (Lipinski definition) is 1. The van der Waals surface area contributed by atoms with Crippen molar-refractivity contribution >= 4 is 11.9 Å². The van der Waals surface area contributed by atoms with Crippen LogP contribution in [0, 0.1) is 12.7 Å². The highest BCUT2D eigenvalue weighted by atomic mass is 19.1. The highest BCUT2D eigenvalue weighted by Crippen LogP contribution is 2.21. The second-order valence-corrected chi connectivity index (χ2v) is 4.46. The van der Waals surface area contributed by atoms with E-state index in [1.807, 2.05) is 0 Å². The lowest BCUT2D eigenvalue weighted by molar-refractivity contribution is -0.141. The predicted octanol–water partition coefficient (Wildman–Crippen LogP) is 1.82. The summed E-state index contributed by atoms with van der Waals surface area (Å²) in [6.45, 7) is 2.02. The molecule has 1 amide bonds. The van der Waals surface area contributed by atoms with Gasteiger partial charge in [-0.1, -0.05) is 6.07 Å². The van der Waals surface area contributed by atoms with E-state index in [4.69, 9.17) is 5.11 Å². The van der Waals surface area contributed by atoms with Crippen LogP contribution in [0.25, 0.3) is 0 Å². The Bertz CT molecular complexity index is 501. The van der Waals surface area contributed by atoms with Crippen LogP contribution in [0.1, 0.15) is 28.8 Å². The van der Waals surface area contributed by atoms with E-state index in [1.54, 1.807) is 6.92 Å². The zero-order chi connectivity index (χ0) is 13.3. The summed E-state index contributed by atoms with van der Waals surface area (Å²) < 4.78 is 13.4. The first kappa shape index (κ1) is 12.5. The van der Waals surface area contributed by atoms with Crippen molar-refractivity contribution in [3.63, 3.8) is 0 Å². The number of carbonyl (C=O) groups is 2. The number of nitrogens with zero attached hydrogens (tertiary/aromatic N) is 1. The Labute approximate surface area is 104 Å². The van der Waals surface area contributed by atoms with Crippen LogP contribution in [0.3, 0.4) is 0 Å². The van der Waals surface area contributed by atoms with E-state index in [0.717, 1.165) is 6.07 Å². The minimum atomic E-state index is -1.01. The SMILES string of the molecule is Cc1ccc(C(=O)N2CCCC2C(=O)O)cc1F. The standard InChI is InChI=1S/C13H14FNO3/c1-8-4-5-9(7-10(8)14)12(16)15-6-2-3-11(15)13(17)18/h4-5,7,11H,2-3,6H2,1H3,(H,17,18). The first-order chi connectivity index (χ1) is 8.50. The van der Waals surface area contributed by atoms with E-state index in [2.05, 4.69) is 0 Å². The number of rotatable bonds is 2. The highest BCUT2D eigenvalue weighted by molar-refractivity contribution is 5.97. The molecule has 1 aliphatic heterocycles. The molecule has 0 aromatic heterocycles. The van der Waals surface area contributed by atoms with Gasteiger partial charge in [-0.3, -0.25) is 4.79 Å². The molecule has 1 unspecified atom stereocenters. The van der Waals surface area contributed by atoms with E-state index >= 15 is 0 Å². The lowest BCUT2D eigenvalue weighted by atomic mass is 10.1. The molecule has 1 atom stereocenters. The molecule has 4 nitrogen and oxygen atoms in total. The monoisotopic (exact) mass is 251 g/mol. The summed E-state index contributed by atoms with van der Waals surface area (Å²) in [7, 11) is 0. The molecular weight excluding hydrogens is 237 g/mol. The molecule has 96 valence electrons. The van der Waals surface area contributed by atoms with Crippen LogP contribution in [-0.4, -0.2) is 34.5 Å². The molecule has 1 saturated heterocycles. The van der Waals surface area contributed by atoms with Crippen LogP contribution >= 0.6 is 0 Å². The molecule has 0 spiro atoms. The summed E-state index contributed by atoms with van der Waals surface area (Å²) in [6.07, 6.45) is 1.12. The number of halogens is 1. The number of carbonyl (C=O) groups excluding carboxylic acids is 1. The molecule has 0 bridgehead atoms. The van der Waals surface area contributed by atoms with Gasteiger partial charge in [-0.2, -0.15) is 0 Å². The van der Waals surface area contributed by atoms with Crippen LogP contribution in [0.4, 0.5) is 4.39 Å². The third kappa shape index (κ3) is 2.20. The summed E-state index contributed by atoms with van der Waals surface area (Å²) in [6, 6.07) is 3.42. The van der Waals surface area contributed by atoms with Gasteiger partial charge in [0.1, 0.15) is 11.9 Å². The van der Waals surface area contributed by atoms with Gasteiger partial charge in [0.15, 0.2) is 0 Å². The summed E-state index contributed by atoms with van der Waals surface area (Å²) in [5.41, 5.74) is 0.661. The van der Waals surface area contributed by atoms with Crippen LogP contribution in [-0.2, 0) is 4.79 Å².